The van der Waals surface area contributed by atoms with Crippen molar-refractivity contribution in [1.82, 2.24) is 5.32 Å². The Bertz CT molecular complexity index is 527. The summed E-state index contributed by atoms with van der Waals surface area (Å²) in [7, 11) is 0. The highest BCUT2D eigenvalue weighted by atomic mass is 16.3. The molecule has 3 saturated carbocycles. The monoisotopic (exact) mass is 366 g/mol. The molecule has 0 spiro atoms. The predicted octanol–water partition coefficient (Wildman–Crippen LogP) is 1.42. The summed E-state index contributed by atoms with van der Waals surface area (Å²) in [5, 5.41) is 34.0. The van der Waals surface area contributed by atoms with Crippen LogP contribution in [-0.2, 0) is 0 Å². The van der Waals surface area contributed by atoms with Crippen molar-refractivity contribution >= 4 is 0 Å². The van der Waals surface area contributed by atoms with Crippen LogP contribution in [0, 0.1) is 28.6 Å². The first-order valence-corrected chi connectivity index (χ1v) is 10.4. The van der Waals surface area contributed by atoms with Gasteiger partial charge >= 0.3 is 0 Å². The zero-order valence-electron chi connectivity index (χ0n) is 16.5. The quantitative estimate of drug-likeness (QED) is 0.374. The number of rotatable bonds is 5. The van der Waals surface area contributed by atoms with Gasteiger partial charge in [0.25, 0.3) is 0 Å². The van der Waals surface area contributed by atoms with E-state index < -0.39 is 0 Å². The highest BCUT2D eigenvalue weighted by Gasteiger charge is 2.58. The number of nitrogens with one attached hydrogen (secondary N) is 1. The van der Waals surface area contributed by atoms with Crippen LogP contribution < -0.4 is 11.1 Å². The molecule has 0 aromatic heterocycles. The van der Waals surface area contributed by atoms with E-state index in [1.807, 2.05) is 0 Å². The third kappa shape index (κ3) is 3.26. The summed E-state index contributed by atoms with van der Waals surface area (Å²) in [5.74, 6) is 0.727. The molecule has 0 aromatic carbocycles. The number of hydrogen-bond donors (Lipinski definition) is 5. The molecule has 0 amide bonds. The largest absolute Gasteiger partial charge is 0.395 e. The maximum absolute atomic E-state index is 11.4. The number of hydrogen-bond acceptors (Lipinski definition) is 5. The fourth-order valence-electron chi connectivity index (χ4n) is 6.38. The zero-order valence-corrected chi connectivity index (χ0v) is 16.5. The van der Waals surface area contributed by atoms with Crippen LogP contribution in [0.25, 0.3) is 0 Å². The molecule has 6 N–H and O–H groups in total. The molecule has 8 atom stereocenters. The molecule has 5 nitrogen and oxygen atoms in total. The van der Waals surface area contributed by atoms with Crippen LogP contribution in [-0.4, -0.2) is 53.3 Å². The molecule has 3 aliphatic rings. The van der Waals surface area contributed by atoms with Crippen molar-refractivity contribution in [2.75, 3.05) is 19.7 Å². The van der Waals surface area contributed by atoms with E-state index in [1.165, 1.54) is 0 Å². The van der Waals surface area contributed by atoms with Gasteiger partial charge in [0.05, 0.1) is 18.8 Å². The summed E-state index contributed by atoms with van der Waals surface area (Å²) >= 11 is 0. The molecule has 0 bridgehead atoms. The second-order valence-electron chi connectivity index (χ2n) is 9.59. The Morgan fingerprint density at radius 2 is 1.88 bits per heavy atom. The van der Waals surface area contributed by atoms with Crippen molar-refractivity contribution in [2.24, 2.45) is 34.3 Å². The van der Waals surface area contributed by atoms with Crippen molar-refractivity contribution in [1.29, 1.82) is 0 Å². The van der Waals surface area contributed by atoms with E-state index in [-0.39, 0.29) is 47.5 Å². The van der Waals surface area contributed by atoms with E-state index in [9.17, 15) is 10.2 Å². The lowest BCUT2D eigenvalue weighted by Gasteiger charge is -2.55. The molecule has 3 unspecified atom stereocenters. The van der Waals surface area contributed by atoms with Gasteiger partial charge in [-0.2, -0.15) is 0 Å². The Balaban J connectivity index is 1.80. The smallest absolute Gasteiger partial charge is 0.0610 e. The van der Waals surface area contributed by atoms with Crippen LogP contribution in [0.5, 0.6) is 0 Å². The van der Waals surface area contributed by atoms with Gasteiger partial charge in [0.1, 0.15) is 0 Å². The van der Waals surface area contributed by atoms with Gasteiger partial charge in [0.2, 0.25) is 0 Å². The normalized spacial score (nSPS) is 49.2. The van der Waals surface area contributed by atoms with Crippen LogP contribution >= 0.6 is 0 Å². The van der Waals surface area contributed by atoms with Gasteiger partial charge in [-0.25, -0.2) is 0 Å². The second-order valence-corrected chi connectivity index (χ2v) is 9.59. The Labute approximate surface area is 158 Å². The minimum absolute atomic E-state index is 0.00130. The summed E-state index contributed by atoms with van der Waals surface area (Å²) in [6, 6.07) is 0.00130. The summed E-state index contributed by atoms with van der Waals surface area (Å²) in [6.07, 6.45) is 4.77. The molecule has 3 aliphatic carbocycles. The number of fused-ring (bicyclic) bond motifs is 1. The second kappa shape index (κ2) is 7.51. The number of aliphatic hydroxyl groups is 3. The summed E-state index contributed by atoms with van der Waals surface area (Å²) in [4.78, 5) is 0. The summed E-state index contributed by atoms with van der Waals surface area (Å²) in [6.45, 7) is 10.3. The highest BCUT2D eigenvalue weighted by molar-refractivity contribution is 5.26. The lowest BCUT2D eigenvalue weighted by atomic mass is 9.52. The standard InChI is InChI=1S/C21H38N2O3/c1-13-18(22)11-17-19(26)16(5-7-20(13,17)2)21(3)6-4-15(25)10-14(21)12-23-8-9-24/h14-19,23-26H,1,4-12,22H2,2-3H3/t14-,15+,16?,17?,18?,19-,20-,21+/m1/s1. The predicted molar refractivity (Wildman–Crippen MR) is 103 cm³/mol. The van der Waals surface area contributed by atoms with Crippen molar-refractivity contribution < 1.29 is 15.3 Å². The van der Waals surface area contributed by atoms with Gasteiger partial charge in [-0.05, 0) is 73.7 Å². The molecule has 0 radical (unpaired) electrons. The molecule has 3 rings (SSSR count). The minimum atomic E-state index is -0.361. The molecule has 0 aliphatic heterocycles. The SMILES string of the molecule is C=C1C(N)CC2[C@H](O)C([C@@]3(C)CC[C@H](O)C[C@@H]3CNCCO)CC[C@]12C. The highest BCUT2D eigenvalue weighted by Crippen LogP contribution is 2.60. The maximum Gasteiger partial charge on any atom is 0.0610 e. The van der Waals surface area contributed by atoms with Gasteiger partial charge in [0, 0.05) is 12.6 Å². The maximum atomic E-state index is 11.4. The van der Waals surface area contributed by atoms with E-state index in [1.54, 1.807) is 0 Å². The van der Waals surface area contributed by atoms with Crippen LogP contribution in [0.4, 0.5) is 0 Å². The molecule has 0 aromatic rings. The number of nitrogens with two attached hydrogens (primary N) is 1. The first-order chi connectivity index (χ1) is 12.2. The molecule has 150 valence electrons. The lowest BCUT2D eigenvalue weighted by molar-refractivity contribution is -0.118. The van der Waals surface area contributed by atoms with Gasteiger partial charge in [0.15, 0.2) is 0 Å². The van der Waals surface area contributed by atoms with Crippen molar-refractivity contribution in [3.05, 3.63) is 12.2 Å². The molecular formula is C21H38N2O3. The van der Waals surface area contributed by atoms with Crippen LogP contribution in [0.3, 0.4) is 0 Å². The van der Waals surface area contributed by atoms with Crippen molar-refractivity contribution in [2.45, 2.75) is 70.6 Å². The van der Waals surface area contributed by atoms with E-state index in [2.05, 4.69) is 25.7 Å². The average Bonchev–Trinajstić information content (AvgIpc) is 2.83. The Kier molecular flexibility index (Phi) is 5.86. The first-order valence-electron chi connectivity index (χ1n) is 10.4. The van der Waals surface area contributed by atoms with Crippen molar-refractivity contribution in [3.8, 4) is 0 Å². The number of aliphatic hydroxyl groups excluding tert-OH is 3. The first kappa shape index (κ1) is 20.3. The molecule has 0 heterocycles. The van der Waals surface area contributed by atoms with Gasteiger partial charge in [-0.3, -0.25) is 0 Å². The van der Waals surface area contributed by atoms with E-state index in [4.69, 9.17) is 10.8 Å². The van der Waals surface area contributed by atoms with Gasteiger partial charge < -0.3 is 26.4 Å². The fraction of sp³-hybridized carbons (Fsp3) is 0.905. The van der Waals surface area contributed by atoms with Gasteiger partial charge in [-0.1, -0.05) is 26.0 Å². The van der Waals surface area contributed by atoms with Crippen LogP contribution in [0.15, 0.2) is 12.2 Å². The average molecular weight is 367 g/mol. The molecule has 26 heavy (non-hydrogen) atoms. The zero-order chi connectivity index (χ0) is 19.1. The Hall–Kier alpha value is -0.460. The lowest BCUT2D eigenvalue weighted by Crippen LogP contribution is -2.54. The van der Waals surface area contributed by atoms with E-state index in [0.717, 1.165) is 50.6 Å². The Morgan fingerprint density at radius 3 is 2.58 bits per heavy atom. The van der Waals surface area contributed by atoms with E-state index >= 15 is 0 Å². The third-order valence-electron chi connectivity index (χ3n) is 8.34. The molecule has 5 heteroatoms. The van der Waals surface area contributed by atoms with E-state index in [0.29, 0.717) is 12.5 Å². The fourth-order valence-corrected chi connectivity index (χ4v) is 6.38. The van der Waals surface area contributed by atoms with Crippen LogP contribution in [0.2, 0.25) is 0 Å². The molecule has 3 fully saturated rings. The topological polar surface area (TPSA) is 98.7 Å². The summed E-state index contributed by atoms with van der Waals surface area (Å²) in [5.41, 5.74) is 7.37. The Morgan fingerprint density at radius 1 is 1.15 bits per heavy atom. The van der Waals surface area contributed by atoms with Crippen LogP contribution in [0.1, 0.15) is 52.4 Å². The molecular weight excluding hydrogens is 328 g/mol. The van der Waals surface area contributed by atoms with Crippen molar-refractivity contribution in [3.63, 3.8) is 0 Å². The minimum Gasteiger partial charge on any atom is -0.395 e. The third-order valence-corrected chi connectivity index (χ3v) is 8.34. The summed E-state index contributed by atoms with van der Waals surface area (Å²) < 4.78 is 0. The molecule has 0 saturated heterocycles. The van der Waals surface area contributed by atoms with Gasteiger partial charge in [-0.15, -0.1) is 0 Å².